The maximum Gasteiger partial charge on any atom is 0.227 e. The first-order chi connectivity index (χ1) is 16.0. The number of benzene rings is 2. The molecule has 0 spiro atoms. The fourth-order valence-corrected chi connectivity index (χ4v) is 4.71. The molecule has 2 heterocycles. The standard InChI is InChI=1S/C26H31F2N3O2/c27-22-7-3-19(4-8-22)16-25(32)31-13-1-2-21(18-31)26(33)29-24-11-14-30(15-12-24)17-20-5-9-23(28)10-6-20/h3-10,21,24H,1-2,11-18H2,(H,29,33). The van der Waals surface area contributed by atoms with Crippen molar-refractivity contribution in [3.05, 3.63) is 71.3 Å². The molecule has 0 aliphatic carbocycles. The Morgan fingerprint density at radius 3 is 2.09 bits per heavy atom. The van der Waals surface area contributed by atoms with Gasteiger partial charge in [-0.15, -0.1) is 0 Å². The molecular weight excluding hydrogens is 424 g/mol. The largest absolute Gasteiger partial charge is 0.353 e. The van der Waals surface area contributed by atoms with Crippen molar-refractivity contribution in [2.75, 3.05) is 26.2 Å². The van der Waals surface area contributed by atoms with E-state index in [9.17, 15) is 18.4 Å². The van der Waals surface area contributed by atoms with E-state index in [2.05, 4.69) is 10.2 Å². The molecule has 1 atom stereocenters. The third-order valence-electron chi connectivity index (χ3n) is 6.67. The van der Waals surface area contributed by atoms with E-state index in [0.29, 0.717) is 13.1 Å². The number of piperidine rings is 2. The van der Waals surface area contributed by atoms with Crippen LogP contribution in [0.2, 0.25) is 0 Å². The average molecular weight is 456 g/mol. The van der Waals surface area contributed by atoms with Crippen molar-refractivity contribution in [1.82, 2.24) is 15.1 Å². The van der Waals surface area contributed by atoms with E-state index in [1.807, 2.05) is 12.1 Å². The first-order valence-corrected chi connectivity index (χ1v) is 11.8. The van der Waals surface area contributed by atoms with Crippen LogP contribution in [-0.4, -0.2) is 53.8 Å². The maximum atomic E-state index is 13.1. The fraction of sp³-hybridized carbons (Fsp3) is 0.462. The number of nitrogens with one attached hydrogen (secondary N) is 1. The van der Waals surface area contributed by atoms with Gasteiger partial charge in [-0.1, -0.05) is 24.3 Å². The van der Waals surface area contributed by atoms with Crippen LogP contribution in [-0.2, 0) is 22.6 Å². The van der Waals surface area contributed by atoms with Crippen molar-refractivity contribution in [2.24, 2.45) is 5.92 Å². The van der Waals surface area contributed by atoms with Crippen LogP contribution in [0, 0.1) is 17.6 Å². The van der Waals surface area contributed by atoms with Crippen molar-refractivity contribution in [3.8, 4) is 0 Å². The second-order valence-electron chi connectivity index (χ2n) is 9.17. The Balaban J connectivity index is 1.21. The zero-order chi connectivity index (χ0) is 23.2. The summed E-state index contributed by atoms with van der Waals surface area (Å²) >= 11 is 0. The molecule has 2 aliphatic heterocycles. The van der Waals surface area contributed by atoms with Crippen LogP contribution in [0.15, 0.2) is 48.5 Å². The van der Waals surface area contributed by atoms with Crippen molar-refractivity contribution in [2.45, 2.75) is 44.7 Å². The molecule has 0 aromatic heterocycles. The lowest BCUT2D eigenvalue weighted by molar-refractivity contribution is -0.135. The molecule has 2 amide bonds. The van der Waals surface area contributed by atoms with Gasteiger partial charge in [-0.05, 0) is 61.1 Å². The highest BCUT2D eigenvalue weighted by Gasteiger charge is 2.30. The highest BCUT2D eigenvalue weighted by atomic mass is 19.1. The van der Waals surface area contributed by atoms with E-state index < -0.39 is 0 Å². The van der Waals surface area contributed by atoms with Crippen LogP contribution < -0.4 is 5.32 Å². The van der Waals surface area contributed by atoms with Crippen molar-refractivity contribution in [1.29, 1.82) is 0 Å². The molecule has 0 radical (unpaired) electrons. The van der Waals surface area contributed by atoms with Crippen LogP contribution in [0.5, 0.6) is 0 Å². The third-order valence-corrected chi connectivity index (χ3v) is 6.67. The average Bonchev–Trinajstić information content (AvgIpc) is 2.83. The Kier molecular flexibility index (Phi) is 7.70. The van der Waals surface area contributed by atoms with Gasteiger partial charge < -0.3 is 10.2 Å². The second kappa shape index (κ2) is 10.9. The number of halogens is 2. The minimum Gasteiger partial charge on any atom is -0.353 e. The maximum absolute atomic E-state index is 13.1. The predicted molar refractivity (Wildman–Crippen MR) is 122 cm³/mol. The first kappa shape index (κ1) is 23.4. The fourth-order valence-electron chi connectivity index (χ4n) is 4.71. The molecular formula is C26H31F2N3O2. The third kappa shape index (κ3) is 6.60. The molecule has 0 saturated carbocycles. The van der Waals surface area contributed by atoms with Gasteiger partial charge in [0.2, 0.25) is 11.8 Å². The number of amides is 2. The van der Waals surface area contributed by atoms with E-state index in [-0.39, 0.29) is 41.8 Å². The number of likely N-dealkylation sites (tertiary alicyclic amines) is 2. The Morgan fingerprint density at radius 2 is 1.45 bits per heavy atom. The summed E-state index contributed by atoms with van der Waals surface area (Å²) in [6, 6.07) is 12.7. The summed E-state index contributed by atoms with van der Waals surface area (Å²) in [5, 5.41) is 3.20. The molecule has 4 rings (SSSR count). The summed E-state index contributed by atoms with van der Waals surface area (Å²) in [4.78, 5) is 29.7. The van der Waals surface area contributed by atoms with Crippen LogP contribution in [0.25, 0.3) is 0 Å². The van der Waals surface area contributed by atoms with E-state index >= 15 is 0 Å². The minimum atomic E-state index is -0.317. The van der Waals surface area contributed by atoms with Crippen LogP contribution >= 0.6 is 0 Å². The number of hydrogen-bond donors (Lipinski definition) is 1. The molecule has 1 N–H and O–H groups in total. The van der Waals surface area contributed by atoms with Gasteiger partial charge >= 0.3 is 0 Å². The molecule has 2 aliphatic rings. The Hall–Kier alpha value is -2.80. The summed E-state index contributed by atoms with van der Waals surface area (Å²) in [5.41, 5.74) is 1.87. The van der Waals surface area contributed by atoms with Gasteiger partial charge in [0.1, 0.15) is 11.6 Å². The van der Waals surface area contributed by atoms with Crippen molar-refractivity contribution in [3.63, 3.8) is 0 Å². The molecule has 5 nitrogen and oxygen atoms in total. The van der Waals surface area contributed by atoms with Crippen LogP contribution in [0.3, 0.4) is 0 Å². The summed E-state index contributed by atoms with van der Waals surface area (Å²) in [6.45, 7) is 3.65. The van der Waals surface area contributed by atoms with Gasteiger partial charge in [0.05, 0.1) is 12.3 Å². The molecule has 2 fully saturated rings. The normalized spacial score (nSPS) is 19.9. The smallest absolute Gasteiger partial charge is 0.227 e. The van der Waals surface area contributed by atoms with Crippen LogP contribution in [0.1, 0.15) is 36.8 Å². The monoisotopic (exact) mass is 455 g/mol. The lowest BCUT2D eigenvalue weighted by atomic mass is 9.95. The quantitative estimate of drug-likeness (QED) is 0.725. The van der Waals surface area contributed by atoms with E-state index in [4.69, 9.17) is 0 Å². The number of nitrogens with zero attached hydrogens (tertiary/aromatic N) is 2. The highest BCUT2D eigenvalue weighted by Crippen LogP contribution is 2.20. The van der Waals surface area contributed by atoms with Gasteiger partial charge in [-0.3, -0.25) is 14.5 Å². The van der Waals surface area contributed by atoms with Gasteiger partial charge in [0.25, 0.3) is 0 Å². The molecule has 2 aromatic carbocycles. The second-order valence-corrected chi connectivity index (χ2v) is 9.17. The number of rotatable bonds is 6. The van der Waals surface area contributed by atoms with E-state index in [0.717, 1.165) is 56.4 Å². The van der Waals surface area contributed by atoms with Gasteiger partial charge in [0, 0.05) is 38.8 Å². The molecule has 33 heavy (non-hydrogen) atoms. The first-order valence-electron chi connectivity index (χ1n) is 11.8. The SMILES string of the molecule is O=C(NC1CCN(Cc2ccc(F)cc2)CC1)C1CCCN(C(=O)Cc2ccc(F)cc2)C1. The summed E-state index contributed by atoms with van der Waals surface area (Å²) in [6.07, 6.45) is 3.58. The number of hydrogen-bond acceptors (Lipinski definition) is 3. The lowest BCUT2D eigenvalue weighted by Gasteiger charge is -2.35. The molecule has 176 valence electrons. The lowest BCUT2D eigenvalue weighted by Crippen LogP contribution is -2.50. The Bertz CT molecular complexity index is 941. The predicted octanol–water partition coefficient (Wildman–Crippen LogP) is 3.53. The zero-order valence-electron chi connectivity index (χ0n) is 18.8. The topological polar surface area (TPSA) is 52.7 Å². The number of carbonyl (C=O) groups is 2. The minimum absolute atomic E-state index is 0.0202. The summed E-state index contributed by atoms with van der Waals surface area (Å²) in [7, 11) is 0. The van der Waals surface area contributed by atoms with E-state index in [1.165, 1.54) is 24.3 Å². The van der Waals surface area contributed by atoms with Gasteiger partial charge in [-0.25, -0.2) is 8.78 Å². The molecule has 0 bridgehead atoms. The van der Waals surface area contributed by atoms with Gasteiger partial charge in [-0.2, -0.15) is 0 Å². The Labute approximate surface area is 193 Å². The van der Waals surface area contributed by atoms with Crippen molar-refractivity contribution >= 4 is 11.8 Å². The van der Waals surface area contributed by atoms with Crippen molar-refractivity contribution < 1.29 is 18.4 Å². The molecule has 7 heteroatoms. The molecule has 2 aromatic rings. The zero-order valence-corrected chi connectivity index (χ0v) is 18.8. The molecule has 1 unspecified atom stereocenters. The van der Waals surface area contributed by atoms with Crippen LogP contribution in [0.4, 0.5) is 8.78 Å². The number of carbonyl (C=O) groups excluding carboxylic acids is 2. The molecule has 2 saturated heterocycles. The summed E-state index contributed by atoms with van der Waals surface area (Å²) < 4.78 is 26.2. The van der Waals surface area contributed by atoms with E-state index in [1.54, 1.807) is 17.0 Å². The van der Waals surface area contributed by atoms with Gasteiger partial charge in [0.15, 0.2) is 0 Å². The highest BCUT2D eigenvalue weighted by molar-refractivity contribution is 5.82. The summed E-state index contributed by atoms with van der Waals surface area (Å²) in [5.74, 6) is -0.714. The Morgan fingerprint density at radius 1 is 0.848 bits per heavy atom.